The Morgan fingerprint density at radius 3 is 2.06 bits per heavy atom. The number of nitriles is 2. The zero-order valence-electron chi connectivity index (χ0n) is 8.16. The molecule has 80 valence electrons. The lowest BCUT2D eigenvalue weighted by atomic mass is 10.2. The average Bonchev–Trinajstić information content (AvgIpc) is 2.28. The molecule has 0 spiro atoms. The molecule has 0 unspecified atom stereocenters. The number of carboxylic acids is 1. The minimum atomic E-state index is -0.983. The third-order valence-corrected chi connectivity index (χ3v) is 1.36. The van der Waals surface area contributed by atoms with Gasteiger partial charge in [-0.3, -0.25) is 0 Å². The smallest absolute Gasteiger partial charge is 0.328 e. The van der Waals surface area contributed by atoms with Gasteiger partial charge >= 0.3 is 5.97 Å². The molecule has 5 nitrogen and oxygen atoms in total. The van der Waals surface area contributed by atoms with Gasteiger partial charge in [-0.05, 0) is 23.8 Å². The van der Waals surface area contributed by atoms with E-state index in [1.54, 1.807) is 12.1 Å². The molecule has 16 heavy (non-hydrogen) atoms. The maximum atomic E-state index is 10.1. The minimum Gasteiger partial charge on any atom is -0.508 e. The van der Waals surface area contributed by atoms with Crippen molar-refractivity contribution >= 4 is 12.0 Å². The number of carboxylic acid groups (broad SMARTS) is 1. The Labute approximate surface area is 92.1 Å². The molecule has 0 saturated carbocycles. The molecule has 0 aliphatic carbocycles. The van der Waals surface area contributed by atoms with E-state index in [9.17, 15) is 4.79 Å². The maximum absolute atomic E-state index is 10.1. The van der Waals surface area contributed by atoms with Crippen LogP contribution in [0.5, 0.6) is 5.75 Å². The third kappa shape index (κ3) is 6.70. The van der Waals surface area contributed by atoms with Gasteiger partial charge < -0.3 is 10.2 Å². The Kier molecular flexibility index (Phi) is 6.27. The number of hydrogen-bond donors (Lipinski definition) is 2. The normalized spacial score (nSPS) is 8.38. The fourth-order valence-electron chi connectivity index (χ4n) is 0.753. The van der Waals surface area contributed by atoms with Gasteiger partial charge in [-0.2, -0.15) is 10.5 Å². The number of carbonyl (C=O) groups is 1. The highest BCUT2D eigenvalue weighted by molar-refractivity contribution is 5.85. The first-order chi connectivity index (χ1) is 7.60. The van der Waals surface area contributed by atoms with Gasteiger partial charge in [-0.25, -0.2) is 4.79 Å². The van der Waals surface area contributed by atoms with E-state index in [0.29, 0.717) is 0 Å². The summed E-state index contributed by atoms with van der Waals surface area (Å²) in [7, 11) is 0. The molecule has 0 heterocycles. The molecule has 0 aliphatic heterocycles. The number of phenolic OH excluding ortho intramolecular Hbond substituents is 1. The molecule has 5 heteroatoms. The van der Waals surface area contributed by atoms with E-state index < -0.39 is 5.97 Å². The number of hydrogen-bond acceptors (Lipinski definition) is 4. The average molecular weight is 216 g/mol. The third-order valence-electron chi connectivity index (χ3n) is 1.36. The first kappa shape index (κ1) is 13.2. The molecule has 1 rings (SSSR count). The van der Waals surface area contributed by atoms with Crippen LogP contribution < -0.4 is 0 Å². The number of nitrogens with zero attached hydrogens (tertiary/aromatic N) is 2. The van der Waals surface area contributed by atoms with E-state index in [1.807, 2.05) is 0 Å². The second-order valence-electron chi connectivity index (χ2n) is 2.49. The molecule has 1 aromatic rings. The lowest BCUT2D eigenvalue weighted by Gasteiger charge is -1.92. The van der Waals surface area contributed by atoms with Gasteiger partial charge in [-0.15, -0.1) is 0 Å². The highest BCUT2D eigenvalue weighted by atomic mass is 16.4. The van der Waals surface area contributed by atoms with Crippen LogP contribution in [0.3, 0.4) is 0 Å². The molecule has 0 amide bonds. The van der Waals surface area contributed by atoms with Gasteiger partial charge in [-0.1, -0.05) is 12.1 Å². The van der Waals surface area contributed by atoms with Crippen LogP contribution in [0.15, 0.2) is 30.3 Å². The second kappa shape index (κ2) is 7.60. The quantitative estimate of drug-likeness (QED) is 0.729. The van der Waals surface area contributed by atoms with Crippen LogP contribution in [0.25, 0.3) is 6.08 Å². The van der Waals surface area contributed by atoms with E-state index in [0.717, 1.165) is 11.6 Å². The van der Waals surface area contributed by atoms with Crippen molar-refractivity contribution in [2.45, 2.75) is 0 Å². The van der Waals surface area contributed by atoms with E-state index in [4.69, 9.17) is 20.7 Å². The van der Waals surface area contributed by atoms with Crippen molar-refractivity contribution in [2.24, 2.45) is 0 Å². The number of phenols is 1. The highest BCUT2D eigenvalue weighted by Gasteiger charge is 1.89. The summed E-state index contributed by atoms with van der Waals surface area (Å²) < 4.78 is 0. The second-order valence-corrected chi connectivity index (χ2v) is 2.49. The molecule has 0 aromatic heterocycles. The lowest BCUT2D eigenvalue weighted by molar-refractivity contribution is -0.131. The minimum absolute atomic E-state index is 0.169. The van der Waals surface area contributed by atoms with Crippen molar-refractivity contribution in [3.8, 4) is 17.9 Å². The predicted octanol–water partition coefficient (Wildman–Crippen LogP) is 1.52. The molecule has 1 aromatic carbocycles. The molecule has 2 N–H and O–H groups in total. The summed E-state index contributed by atoms with van der Waals surface area (Å²) in [6.07, 6.45) is 2.51. The summed E-state index contributed by atoms with van der Waals surface area (Å²) in [4.78, 5) is 10.1. The van der Waals surface area contributed by atoms with Crippen LogP contribution in [0.2, 0.25) is 0 Å². The monoisotopic (exact) mass is 216 g/mol. The van der Waals surface area contributed by atoms with Crippen molar-refractivity contribution in [1.82, 2.24) is 0 Å². The zero-order chi connectivity index (χ0) is 12.4. The van der Waals surface area contributed by atoms with E-state index >= 15 is 0 Å². The molecule has 0 radical (unpaired) electrons. The molecular weight excluding hydrogens is 208 g/mol. The standard InChI is InChI=1S/C9H8O3.C2N2/c10-8-4-1-7(2-5-8)3-6-9(11)12;3-1-2-4/h1-6,10H,(H,11,12);. The number of aromatic hydroxyl groups is 1. The SMILES string of the molecule is N#CC#N.O=C(O)C=Cc1ccc(O)cc1. The summed E-state index contributed by atoms with van der Waals surface area (Å²) in [6.45, 7) is 0. The molecular formula is C11H8N2O3. The molecule has 0 bridgehead atoms. The Bertz CT molecular complexity index is 438. The fourth-order valence-corrected chi connectivity index (χ4v) is 0.753. The first-order valence-electron chi connectivity index (χ1n) is 4.08. The molecule has 0 fully saturated rings. The Morgan fingerprint density at radius 2 is 1.69 bits per heavy atom. The Balaban J connectivity index is 0.000000487. The summed E-state index contributed by atoms with van der Waals surface area (Å²) in [5.41, 5.74) is 0.746. The van der Waals surface area contributed by atoms with Gasteiger partial charge in [0.25, 0.3) is 0 Å². The van der Waals surface area contributed by atoms with Gasteiger partial charge in [0.1, 0.15) is 5.75 Å². The van der Waals surface area contributed by atoms with E-state index in [2.05, 4.69) is 0 Å². The summed E-state index contributed by atoms with van der Waals surface area (Å²) in [6, 6.07) is 8.74. The Morgan fingerprint density at radius 1 is 1.19 bits per heavy atom. The van der Waals surface area contributed by atoms with Crippen molar-refractivity contribution in [3.05, 3.63) is 35.9 Å². The summed E-state index contributed by atoms with van der Waals surface area (Å²) >= 11 is 0. The van der Waals surface area contributed by atoms with Crippen molar-refractivity contribution in [2.75, 3.05) is 0 Å². The lowest BCUT2D eigenvalue weighted by Crippen LogP contribution is -1.85. The Hall–Kier alpha value is -2.79. The zero-order valence-corrected chi connectivity index (χ0v) is 8.16. The highest BCUT2D eigenvalue weighted by Crippen LogP contribution is 2.10. The van der Waals surface area contributed by atoms with Crippen LogP contribution in [0.1, 0.15) is 5.56 Å². The molecule has 0 aliphatic rings. The summed E-state index contributed by atoms with van der Waals surface area (Å²) in [5.74, 6) is -0.814. The number of aliphatic carboxylic acids is 1. The van der Waals surface area contributed by atoms with Gasteiger partial charge in [0.05, 0.1) is 0 Å². The largest absolute Gasteiger partial charge is 0.508 e. The fraction of sp³-hybridized carbons (Fsp3) is 0. The van der Waals surface area contributed by atoms with Crippen LogP contribution in [0.4, 0.5) is 0 Å². The van der Waals surface area contributed by atoms with Crippen LogP contribution >= 0.6 is 0 Å². The first-order valence-corrected chi connectivity index (χ1v) is 4.08. The molecule has 0 atom stereocenters. The van der Waals surface area contributed by atoms with Gasteiger partial charge in [0.15, 0.2) is 12.1 Å². The number of rotatable bonds is 2. The number of benzene rings is 1. The van der Waals surface area contributed by atoms with Crippen molar-refractivity contribution in [1.29, 1.82) is 10.5 Å². The maximum Gasteiger partial charge on any atom is 0.328 e. The van der Waals surface area contributed by atoms with E-state index in [1.165, 1.54) is 30.3 Å². The topological polar surface area (TPSA) is 105 Å². The van der Waals surface area contributed by atoms with Gasteiger partial charge in [0.2, 0.25) is 0 Å². The molecule has 0 saturated heterocycles. The van der Waals surface area contributed by atoms with Crippen LogP contribution in [0, 0.1) is 22.7 Å². The van der Waals surface area contributed by atoms with Crippen molar-refractivity contribution < 1.29 is 15.0 Å². The van der Waals surface area contributed by atoms with Gasteiger partial charge in [0, 0.05) is 6.08 Å². The van der Waals surface area contributed by atoms with Crippen LogP contribution in [-0.2, 0) is 4.79 Å². The van der Waals surface area contributed by atoms with Crippen molar-refractivity contribution in [3.63, 3.8) is 0 Å². The predicted molar refractivity (Wildman–Crippen MR) is 56.0 cm³/mol. The van der Waals surface area contributed by atoms with E-state index in [-0.39, 0.29) is 5.75 Å². The summed E-state index contributed by atoms with van der Waals surface area (Å²) in [5, 5.41) is 31.7. The van der Waals surface area contributed by atoms with Crippen LogP contribution in [-0.4, -0.2) is 16.2 Å².